The number of hydrogen-bond donors (Lipinski definition) is 1. The van der Waals surface area contributed by atoms with Gasteiger partial charge in [-0.1, -0.05) is 71.4 Å². The van der Waals surface area contributed by atoms with Crippen molar-refractivity contribution in [2.45, 2.75) is 51.2 Å². The second-order valence-electron chi connectivity index (χ2n) is 8.34. The van der Waals surface area contributed by atoms with Crippen LogP contribution in [0.25, 0.3) is 0 Å². The number of nitrogens with one attached hydrogen (secondary N) is 1. The molecule has 0 radical (unpaired) electrons. The van der Waals surface area contributed by atoms with E-state index in [0.29, 0.717) is 32.9 Å². The molecule has 0 saturated heterocycles. The first-order valence-electron chi connectivity index (χ1n) is 11.1. The zero-order chi connectivity index (χ0) is 24.1. The van der Waals surface area contributed by atoms with Crippen molar-refractivity contribution in [3.05, 3.63) is 86.2 Å². The van der Waals surface area contributed by atoms with Gasteiger partial charge in [0.25, 0.3) is 11.8 Å². The zero-order valence-electron chi connectivity index (χ0n) is 18.4. The first-order valence-corrected chi connectivity index (χ1v) is 12.3. The minimum atomic E-state index is -0.369. The van der Waals surface area contributed by atoms with Crippen LogP contribution >= 0.6 is 34.8 Å². The van der Waals surface area contributed by atoms with E-state index < -0.39 is 0 Å². The molecule has 6 nitrogen and oxygen atoms in total. The van der Waals surface area contributed by atoms with E-state index >= 15 is 0 Å². The number of benzene rings is 2. The van der Waals surface area contributed by atoms with E-state index in [9.17, 15) is 9.59 Å². The van der Waals surface area contributed by atoms with Gasteiger partial charge in [-0.25, -0.2) is 0 Å². The molecule has 1 aliphatic rings. The highest BCUT2D eigenvalue weighted by Gasteiger charge is 2.29. The number of carbonyl (C=O) groups is 2. The topological polar surface area (TPSA) is 75.4 Å². The molecule has 1 aromatic heterocycles. The standard InChI is InChI=1S/C25H24Cl3N3O3/c26-17-6-4-5-16(11-17)14-29-24(32)23-13-20(34-30-23)15-31(19-7-2-1-3-8-19)25(33)21-10-9-18(27)12-22(21)28/h4-6,9-13,19H,1-3,7-8,14-15H2,(H,29,32). The lowest BCUT2D eigenvalue weighted by Crippen LogP contribution is -2.41. The second kappa shape index (κ2) is 11.3. The third kappa shape index (κ3) is 6.12. The van der Waals surface area contributed by atoms with Gasteiger partial charge in [-0.15, -0.1) is 0 Å². The first-order chi connectivity index (χ1) is 16.4. The molecule has 1 heterocycles. The Kier molecular flexibility index (Phi) is 8.14. The molecule has 9 heteroatoms. The highest BCUT2D eigenvalue weighted by Crippen LogP contribution is 2.29. The van der Waals surface area contributed by atoms with Gasteiger partial charge in [0.05, 0.1) is 17.1 Å². The molecule has 3 aromatic rings. The van der Waals surface area contributed by atoms with Crippen molar-refractivity contribution >= 4 is 46.6 Å². The molecular weight excluding hydrogens is 497 g/mol. The number of hydrogen-bond acceptors (Lipinski definition) is 4. The van der Waals surface area contributed by atoms with E-state index in [2.05, 4.69) is 10.5 Å². The highest BCUT2D eigenvalue weighted by atomic mass is 35.5. The van der Waals surface area contributed by atoms with Gasteiger partial charge in [0.1, 0.15) is 0 Å². The largest absolute Gasteiger partial charge is 0.359 e. The van der Waals surface area contributed by atoms with Crippen LogP contribution in [0.1, 0.15) is 64.3 Å². The summed E-state index contributed by atoms with van der Waals surface area (Å²) in [6.45, 7) is 0.500. The summed E-state index contributed by atoms with van der Waals surface area (Å²) in [6.07, 6.45) is 5.06. The monoisotopic (exact) mass is 519 g/mol. The van der Waals surface area contributed by atoms with E-state index in [1.54, 1.807) is 41.3 Å². The lowest BCUT2D eigenvalue weighted by molar-refractivity contribution is 0.0590. The van der Waals surface area contributed by atoms with Crippen LogP contribution in [0.4, 0.5) is 0 Å². The average Bonchev–Trinajstić information content (AvgIpc) is 3.30. The van der Waals surface area contributed by atoms with Crippen LogP contribution < -0.4 is 5.32 Å². The Balaban J connectivity index is 1.48. The van der Waals surface area contributed by atoms with Gasteiger partial charge in [0, 0.05) is 28.7 Å². The second-order valence-corrected chi connectivity index (χ2v) is 9.62. The van der Waals surface area contributed by atoms with Gasteiger partial charge in [-0.05, 0) is 48.7 Å². The predicted octanol–water partition coefficient (Wildman–Crippen LogP) is 6.54. The molecule has 0 bridgehead atoms. The number of amides is 2. The van der Waals surface area contributed by atoms with Crippen LogP contribution in [-0.2, 0) is 13.1 Å². The predicted molar refractivity (Wildman–Crippen MR) is 132 cm³/mol. The smallest absolute Gasteiger partial charge is 0.273 e. The van der Waals surface area contributed by atoms with Crippen molar-refractivity contribution < 1.29 is 14.1 Å². The summed E-state index contributed by atoms with van der Waals surface area (Å²) < 4.78 is 5.43. The van der Waals surface area contributed by atoms with Gasteiger partial charge < -0.3 is 14.7 Å². The van der Waals surface area contributed by atoms with E-state index in [4.69, 9.17) is 39.3 Å². The fourth-order valence-electron chi connectivity index (χ4n) is 4.16. The van der Waals surface area contributed by atoms with Crippen molar-refractivity contribution in [2.75, 3.05) is 0 Å². The maximum Gasteiger partial charge on any atom is 0.273 e. The molecule has 2 amide bonds. The summed E-state index contributed by atoms with van der Waals surface area (Å²) in [6, 6.07) is 13.7. The number of halogens is 3. The van der Waals surface area contributed by atoms with Crippen molar-refractivity contribution in [1.29, 1.82) is 0 Å². The summed E-state index contributed by atoms with van der Waals surface area (Å²) in [5.74, 6) is -0.139. The number of nitrogens with zero attached hydrogens (tertiary/aromatic N) is 2. The zero-order valence-corrected chi connectivity index (χ0v) is 20.7. The Bertz CT molecular complexity index is 1170. The quantitative estimate of drug-likeness (QED) is 0.384. The van der Waals surface area contributed by atoms with E-state index in [1.165, 1.54) is 0 Å². The maximum atomic E-state index is 13.5. The van der Waals surface area contributed by atoms with Crippen LogP contribution in [0.5, 0.6) is 0 Å². The Labute approximate surface area is 213 Å². The minimum Gasteiger partial charge on any atom is -0.359 e. The Morgan fingerprint density at radius 1 is 1.00 bits per heavy atom. The molecular formula is C25H24Cl3N3O3. The van der Waals surface area contributed by atoms with E-state index in [0.717, 1.165) is 37.7 Å². The maximum absolute atomic E-state index is 13.5. The molecule has 1 N–H and O–H groups in total. The first kappa shape index (κ1) is 24.6. The van der Waals surface area contributed by atoms with Crippen molar-refractivity contribution in [2.24, 2.45) is 0 Å². The van der Waals surface area contributed by atoms with Gasteiger partial charge in [-0.3, -0.25) is 9.59 Å². The molecule has 0 unspecified atom stereocenters. The summed E-state index contributed by atoms with van der Waals surface area (Å²) in [5, 5.41) is 8.08. The van der Waals surface area contributed by atoms with Gasteiger partial charge in [-0.2, -0.15) is 0 Å². The number of carbonyl (C=O) groups excluding carboxylic acids is 2. The van der Waals surface area contributed by atoms with Crippen LogP contribution in [0.2, 0.25) is 15.1 Å². The molecule has 2 aromatic carbocycles. The lowest BCUT2D eigenvalue weighted by atomic mass is 9.93. The minimum absolute atomic E-state index is 0.0539. The summed E-state index contributed by atoms with van der Waals surface area (Å²) in [5.41, 5.74) is 1.41. The number of aromatic nitrogens is 1. The van der Waals surface area contributed by atoms with E-state index in [-0.39, 0.29) is 30.1 Å². The van der Waals surface area contributed by atoms with Crippen LogP contribution in [0.3, 0.4) is 0 Å². The highest BCUT2D eigenvalue weighted by molar-refractivity contribution is 6.36. The number of rotatable bonds is 7. The Morgan fingerprint density at radius 3 is 2.50 bits per heavy atom. The summed E-state index contributed by atoms with van der Waals surface area (Å²) in [7, 11) is 0. The normalized spacial score (nSPS) is 14.1. The molecule has 178 valence electrons. The molecule has 0 atom stereocenters. The van der Waals surface area contributed by atoms with Crippen molar-refractivity contribution in [3.63, 3.8) is 0 Å². The molecule has 1 fully saturated rings. The molecule has 0 aliphatic heterocycles. The van der Waals surface area contributed by atoms with Crippen molar-refractivity contribution in [1.82, 2.24) is 15.4 Å². The van der Waals surface area contributed by atoms with Crippen molar-refractivity contribution in [3.8, 4) is 0 Å². The Hall–Kier alpha value is -2.54. The van der Waals surface area contributed by atoms with Crippen LogP contribution in [0, 0.1) is 0 Å². The van der Waals surface area contributed by atoms with Crippen LogP contribution in [0.15, 0.2) is 53.1 Å². The molecule has 34 heavy (non-hydrogen) atoms. The van der Waals surface area contributed by atoms with Gasteiger partial charge >= 0.3 is 0 Å². The van der Waals surface area contributed by atoms with Gasteiger partial charge in [0.2, 0.25) is 0 Å². The van der Waals surface area contributed by atoms with Crippen LogP contribution in [-0.4, -0.2) is 27.9 Å². The molecule has 1 aliphatic carbocycles. The average molecular weight is 521 g/mol. The van der Waals surface area contributed by atoms with E-state index in [1.807, 2.05) is 12.1 Å². The molecule has 1 saturated carbocycles. The molecule has 0 spiro atoms. The third-order valence-corrected chi connectivity index (χ3v) is 6.68. The van der Waals surface area contributed by atoms with Gasteiger partial charge in [0.15, 0.2) is 11.5 Å². The third-order valence-electron chi connectivity index (χ3n) is 5.90. The Morgan fingerprint density at radius 2 is 1.76 bits per heavy atom. The fourth-order valence-corrected chi connectivity index (χ4v) is 4.86. The SMILES string of the molecule is O=C(NCc1cccc(Cl)c1)c1cc(CN(C(=O)c2ccc(Cl)cc2Cl)C2CCCCC2)on1. The fraction of sp³-hybridized carbons (Fsp3) is 0.320. The summed E-state index contributed by atoms with van der Waals surface area (Å²) >= 11 is 18.3. The molecule has 4 rings (SSSR count). The lowest BCUT2D eigenvalue weighted by Gasteiger charge is -2.34. The summed E-state index contributed by atoms with van der Waals surface area (Å²) in [4.78, 5) is 27.8.